The number of rotatable bonds is 4. The Morgan fingerprint density at radius 3 is 3.00 bits per heavy atom. The lowest BCUT2D eigenvalue weighted by Crippen LogP contribution is -2.09. The second kappa shape index (κ2) is 5.25. The third-order valence-electron chi connectivity index (χ3n) is 2.09. The van der Waals surface area contributed by atoms with Crippen molar-refractivity contribution in [3.8, 4) is 11.8 Å². The lowest BCUT2D eigenvalue weighted by atomic mass is 10.0. The van der Waals surface area contributed by atoms with Crippen molar-refractivity contribution in [2.75, 3.05) is 7.11 Å². The lowest BCUT2D eigenvalue weighted by Gasteiger charge is -2.10. The summed E-state index contributed by atoms with van der Waals surface area (Å²) in [6.45, 7) is 0. The van der Waals surface area contributed by atoms with Gasteiger partial charge in [0, 0.05) is 12.5 Å². The SMILES string of the molecule is COc1cccc([C@@H](N)CCC#N)c1. The summed E-state index contributed by atoms with van der Waals surface area (Å²) in [5.74, 6) is 0.801. The maximum Gasteiger partial charge on any atom is 0.119 e. The average molecular weight is 190 g/mol. The van der Waals surface area contributed by atoms with E-state index in [0.29, 0.717) is 12.8 Å². The number of benzene rings is 1. The summed E-state index contributed by atoms with van der Waals surface area (Å²) in [7, 11) is 1.62. The molecular formula is C11H14N2O. The van der Waals surface area contributed by atoms with Crippen molar-refractivity contribution in [3.63, 3.8) is 0 Å². The van der Waals surface area contributed by atoms with E-state index in [1.54, 1.807) is 7.11 Å². The number of hydrogen-bond acceptors (Lipinski definition) is 3. The van der Waals surface area contributed by atoms with E-state index in [9.17, 15) is 0 Å². The fourth-order valence-corrected chi connectivity index (χ4v) is 1.26. The summed E-state index contributed by atoms with van der Waals surface area (Å²) >= 11 is 0. The van der Waals surface area contributed by atoms with Gasteiger partial charge in [0.15, 0.2) is 0 Å². The summed E-state index contributed by atoms with van der Waals surface area (Å²) in [5, 5.41) is 8.43. The molecule has 1 atom stereocenters. The summed E-state index contributed by atoms with van der Waals surface area (Å²) < 4.78 is 5.09. The van der Waals surface area contributed by atoms with Gasteiger partial charge in [-0.25, -0.2) is 0 Å². The molecule has 0 bridgehead atoms. The standard InChI is InChI=1S/C11H14N2O/c1-14-10-5-2-4-9(8-10)11(13)6-3-7-12/h2,4-5,8,11H,3,6,13H2,1H3/t11-/m0/s1. The Hall–Kier alpha value is -1.53. The van der Waals surface area contributed by atoms with Crippen molar-refractivity contribution in [1.82, 2.24) is 0 Å². The minimum atomic E-state index is -0.0789. The maximum atomic E-state index is 8.43. The molecule has 0 heterocycles. The van der Waals surface area contributed by atoms with E-state index in [0.717, 1.165) is 11.3 Å². The van der Waals surface area contributed by atoms with Gasteiger partial charge in [-0.05, 0) is 24.1 Å². The Morgan fingerprint density at radius 1 is 1.57 bits per heavy atom. The van der Waals surface area contributed by atoms with Crippen LogP contribution < -0.4 is 10.5 Å². The molecule has 0 aliphatic carbocycles. The summed E-state index contributed by atoms with van der Waals surface area (Å²) in [4.78, 5) is 0. The molecule has 74 valence electrons. The third-order valence-corrected chi connectivity index (χ3v) is 2.09. The van der Waals surface area contributed by atoms with Gasteiger partial charge in [-0.3, -0.25) is 0 Å². The van der Waals surface area contributed by atoms with E-state index in [4.69, 9.17) is 15.7 Å². The maximum absolute atomic E-state index is 8.43. The van der Waals surface area contributed by atoms with Crippen molar-refractivity contribution in [3.05, 3.63) is 29.8 Å². The van der Waals surface area contributed by atoms with Crippen molar-refractivity contribution in [2.24, 2.45) is 5.73 Å². The number of nitrogens with two attached hydrogens (primary N) is 1. The van der Waals surface area contributed by atoms with Gasteiger partial charge in [0.25, 0.3) is 0 Å². The number of hydrogen-bond donors (Lipinski definition) is 1. The van der Waals surface area contributed by atoms with Crippen LogP contribution in [0.5, 0.6) is 5.75 Å². The summed E-state index contributed by atoms with van der Waals surface area (Å²) in [5.41, 5.74) is 6.91. The van der Waals surface area contributed by atoms with E-state index in [2.05, 4.69) is 6.07 Å². The van der Waals surface area contributed by atoms with Crippen LogP contribution in [0.15, 0.2) is 24.3 Å². The van der Waals surface area contributed by atoms with Gasteiger partial charge in [-0.2, -0.15) is 5.26 Å². The van der Waals surface area contributed by atoms with Crippen LogP contribution in [0.2, 0.25) is 0 Å². The predicted octanol–water partition coefficient (Wildman–Crippen LogP) is 2.00. The van der Waals surface area contributed by atoms with E-state index < -0.39 is 0 Å². The molecular weight excluding hydrogens is 176 g/mol. The molecule has 0 aromatic heterocycles. The molecule has 1 rings (SSSR count). The molecule has 0 saturated heterocycles. The number of nitriles is 1. The molecule has 14 heavy (non-hydrogen) atoms. The first-order valence-electron chi connectivity index (χ1n) is 4.54. The van der Waals surface area contributed by atoms with Gasteiger partial charge in [0.2, 0.25) is 0 Å². The van der Waals surface area contributed by atoms with Gasteiger partial charge in [0.05, 0.1) is 13.2 Å². The molecule has 0 saturated carbocycles. The van der Waals surface area contributed by atoms with Crippen LogP contribution in [-0.2, 0) is 0 Å². The van der Waals surface area contributed by atoms with Gasteiger partial charge >= 0.3 is 0 Å². The van der Waals surface area contributed by atoms with Gasteiger partial charge in [0.1, 0.15) is 5.75 Å². The van der Waals surface area contributed by atoms with Crippen LogP contribution in [0.4, 0.5) is 0 Å². The largest absolute Gasteiger partial charge is 0.497 e. The Bertz CT molecular complexity index is 330. The fourth-order valence-electron chi connectivity index (χ4n) is 1.26. The average Bonchev–Trinajstić information content (AvgIpc) is 2.26. The van der Waals surface area contributed by atoms with Crippen molar-refractivity contribution < 1.29 is 4.74 Å². The molecule has 0 fully saturated rings. The molecule has 3 nitrogen and oxygen atoms in total. The Morgan fingerprint density at radius 2 is 2.36 bits per heavy atom. The molecule has 1 aromatic carbocycles. The number of methoxy groups -OCH3 is 1. The van der Waals surface area contributed by atoms with Crippen LogP contribution in [0.25, 0.3) is 0 Å². The zero-order valence-electron chi connectivity index (χ0n) is 8.23. The predicted molar refractivity (Wildman–Crippen MR) is 54.8 cm³/mol. The van der Waals surface area contributed by atoms with Gasteiger partial charge < -0.3 is 10.5 Å². The topological polar surface area (TPSA) is 59.0 Å². The van der Waals surface area contributed by atoms with Crippen LogP contribution in [0.3, 0.4) is 0 Å². The van der Waals surface area contributed by atoms with E-state index in [-0.39, 0.29) is 6.04 Å². The molecule has 0 aliphatic rings. The summed E-state index contributed by atoms with van der Waals surface area (Å²) in [6.07, 6.45) is 1.17. The van der Waals surface area contributed by atoms with Crippen LogP contribution in [-0.4, -0.2) is 7.11 Å². The molecule has 0 amide bonds. The summed E-state index contributed by atoms with van der Waals surface area (Å²) in [6, 6.07) is 9.64. The quantitative estimate of drug-likeness (QED) is 0.789. The smallest absolute Gasteiger partial charge is 0.119 e. The molecule has 0 unspecified atom stereocenters. The third kappa shape index (κ3) is 2.75. The molecule has 1 aromatic rings. The van der Waals surface area contributed by atoms with Gasteiger partial charge in [-0.1, -0.05) is 12.1 Å². The first-order chi connectivity index (χ1) is 6.77. The van der Waals surface area contributed by atoms with E-state index in [1.807, 2.05) is 24.3 Å². The highest BCUT2D eigenvalue weighted by molar-refractivity contribution is 5.30. The normalized spacial score (nSPS) is 11.8. The highest BCUT2D eigenvalue weighted by Gasteiger charge is 2.05. The Kier molecular flexibility index (Phi) is 3.96. The molecule has 2 N–H and O–H groups in total. The van der Waals surface area contributed by atoms with E-state index in [1.165, 1.54) is 0 Å². The lowest BCUT2D eigenvalue weighted by molar-refractivity contribution is 0.413. The van der Waals surface area contributed by atoms with E-state index >= 15 is 0 Å². The van der Waals surface area contributed by atoms with Crippen molar-refractivity contribution in [1.29, 1.82) is 5.26 Å². The molecule has 0 aliphatic heterocycles. The highest BCUT2D eigenvalue weighted by Crippen LogP contribution is 2.20. The second-order valence-electron chi connectivity index (χ2n) is 3.08. The van der Waals surface area contributed by atoms with Crippen LogP contribution in [0.1, 0.15) is 24.4 Å². The number of nitrogens with zero attached hydrogens (tertiary/aromatic N) is 1. The molecule has 0 spiro atoms. The van der Waals surface area contributed by atoms with Gasteiger partial charge in [-0.15, -0.1) is 0 Å². The minimum absolute atomic E-state index is 0.0789. The first-order valence-corrected chi connectivity index (χ1v) is 4.54. The Balaban J connectivity index is 2.70. The second-order valence-corrected chi connectivity index (χ2v) is 3.08. The minimum Gasteiger partial charge on any atom is -0.497 e. The fraction of sp³-hybridized carbons (Fsp3) is 0.364. The Labute approximate surface area is 84.1 Å². The monoisotopic (exact) mass is 190 g/mol. The number of ether oxygens (including phenoxy) is 1. The van der Waals surface area contributed by atoms with Crippen molar-refractivity contribution >= 4 is 0 Å². The zero-order chi connectivity index (χ0) is 10.4. The molecule has 3 heteroatoms. The van der Waals surface area contributed by atoms with Crippen molar-refractivity contribution in [2.45, 2.75) is 18.9 Å². The zero-order valence-corrected chi connectivity index (χ0v) is 8.23. The highest BCUT2D eigenvalue weighted by atomic mass is 16.5. The van der Waals surface area contributed by atoms with Crippen LogP contribution in [0, 0.1) is 11.3 Å². The molecule has 0 radical (unpaired) electrons. The van der Waals surface area contributed by atoms with Crippen LogP contribution >= 0.6 is 0 Å². The first kappa shape index (κ1) is 10.6.